The monoisotopic (exact) mass is 418 g/mol. The second-order valence-corrected chi connectivity index (χ2v) is 7.13. The van der Waals surface area contributed by atoms with E-state index in [-0.39, 0.29) is 37.3 Å². The lowest BCUT2D eigenvalue weighted by atomic mass is 9.94. The smallest absolute Gasteiger partial charge is 0.338 e. The van der Waals surface area contributed by atoms with Crippen molar-refractivity contribution in [1.29, 1.82) is 0 Å². The molecule has 164 valence electrons. The van der Waals surface area contributed by atoms with E-state index in [9.17, 15) is 15.0 Å². The number of hydrogen-bond donors (Lipinski definition) is 2. The minimum atomic E-state index is -0.624. The van der Waals surface area contributed by atoms with Gasteiger partial charge in [-0.1, -0.05) is 26.8 Å². The number of aromatic hydroxyl groups is 1. The van der Waals surface area contributed by atoms with E-state index in [1.165, 1.54) is 13.2 Å². The average Bonchev–Trinajstić information content (AvgIpc) is 3.14. The van der Waals surface area contributed by atoms with E-state index in [1.54, 1.807) is 25.3 Å². The van der Waals surface area contributed by atoms with Crippen LogP contribution in [-0.2, 0) is 16.1 Å². The van der Waals surface area contributed by atoms with Crippen LogP contribution >= 0.6 is 0 Å². The van der Waals surface area contributed by atoms with E-state index in [4.69, 9.17) is 18.9 Å². The van der Waals surface area contributed by atoms with Crippen LogP contribution in [-0.4, -0.2) is 50.2 Å². The number of phenols is 1. The molecule has 0 aromatic heterocycles. The molecule has 7 nitrogen and oxygen atoms in total. The van der Waals surface area contributed by atoms with Gasteiger partial charge in [0.25, 0.3) is 0 Å². The molecule has 0 amide bonds. The van der Waals surface area contributed by atoms with E-state index < -0.39 is 5.41 Å². The van der Waals surface area contributed by atoms with Gasteiger partial charge in [-0.3, -0.25) is 0 Å². The van der Waals surface area contributed by atoms with E-state index >= 15 is 0 Å². The van der Waals surface area contributed by atoms with Crippen LogP contribution in [0, 0.1) is 5.41 Å². The van der Waals surface area contributed by atoms with E-state index in [1.807, 2.05) is 26.8 Å². The first-order valence-corrected chi connectivity index (χ1v) is 9.85. The number of methoxy groups -OCH3 is 2. The Balaban J connectivity index is 0.00000155. The highest BCUT2D eigenvalue weighted by Gasteiger charge is 2.28. The fourth-order valence-electron chi connectivity index (χ4n) is 3.15. The molecule has 0 saturated heterocycles. The van der Waals surface area contributed by atoms with Gasteiger partial charge in [0.2, 0.25) is 5.75 Å². The Morgan fingerprint density at radius 1 is 1.07 bits per heavy atom. The first-order chi connectivity index (χ1) is 14.4. The minimum Gasteiger partial charge on any atom is -0.504 e. The highest BCUT2D eigenvalue weighted by Crippen LogP contribution is 2.45. The number of fused-ring (bicyclic) bond motifs is 1. The van der Waals surface area contributed by atoms with Gasteiger partial charge < -0.3 is 29.2 Å². The standard InChI is InChI=1S/C21H24O7.C2H6/c1-21(10-22,11-25-2)12-28-18-15(6-7-17(23)19(18)26-3)13-4-5-16-14(8-13)9-27-20(16)24;1-2/h4-8,22-23H,9-12H2,1-3H3;1-2H3. The molecular weight excluding hydrogens is 388 g/mol. The van der Waals surface area contributed by atoms with Crippen molar-refractivity contribution in [2.24, 2.45) is 5.41 Å². The SMILES string of the molecule is CC.COCC(C)(CO)COc1c(-c2ccc3c(c2)COC3=O)ccc(O)c1OC. The Bertz CT molecular complexity index is 878. The highest BCUT2D eigenvalue weighted by molar-refractivity contribution is 5.94. The number of cyclic esters (lactones) is 1. The normalized spacial score (nSPS) is 14.1. The maximum Gasteiger partial charge on any atom is 0.338 e. The number of aliphatic hydroxyl groups excluding tert-OH is 1. The number of aliphatic hydroxyl groups is 1. The molecule has 0 bridgehead atoms. The number of benzene rings is 2. The molecule has 30 heavy (non-hydrogen) atoms. The Kier molecular flexibility index (Phi) is 8.08. The Morgan fingerprint density at radius 2 is 1.77 bits per heavy atom. The number of hydrogen-bond acceptors (Lipinski definition) is 7. The summed E-state index contributed by atoms with van der Waals surface area (Å²) in [5, 5.41) is 19.9. The minimum absolute atomic E-state index is 0.0571. The Labute approximate surface area is 177 Å². The van der Waals surface area contributed by atoms with Crippen molar-refractivity contribution in [2.45, 2.75) is 27.4 Å². The molecule has 0 aliphatic carbocycles. The summed E-state index contributed by atoms with van der Waals surface area (Å²) in [6, 6.07) is 8.62. The van der Waals surface area contributed by atoms with E-state index in [0.29, 0.717) is 23.5 Å². The molecule has 1 aliphatic rings. The molecule has 2 aromatic carbocycles. The van der Waals surface area contributed by atoms with Crippen molar-refractivity contribution in [2.75, 3.05) is 34.0 Å². The third kappa shape index (κ3) is 4.86. The molecule has 1 unspecified atom stereocenters. The number of carbonyl (C=O) groups excluding carboxylic acids is 1. The topological polar surface area (TPSA) is 94.5 Å². The van der Waals surface area contributed by atoms with Gasteiger partial charge in [-0.2, -0.15) is 0 Å². The Morgan fingerprint density at radius 3 is 2.40 bits per heavy atom. The summed E-state index contributed by atoms with van der Waals surface area (Å²) < 4.78 is 21.6. The van der Waals surface area contributed by atoms with Crippen LogP contribution in [0.1, 0.15) is 36.7 Å². The van der Waals surface area contributed by atoms with Crippen LogP contribution in [0.3, 0.4) is 0 Å². The number of ether oxygens (including phenoxy) is 4. The van der Waals surface area contributed by atoms with Crippen LogP contribution in [0.2, 0.25) is 0 Å². The van der Waals surface area contributed by atoms with Crippen molar-refractivity contribution in [3.63, 3.8) is 0 Å². The second kappa shape index (κ2) is 10.3. The molecule has 2 aromatic rings. The van der Waals surface area contributed by atoms with Gasteiger partial charge >= 0.3 is 5.97 Å². The molecule has 3 rings (SSSR count). The van der Waals surface area contributed by atoms with Gasteiger partial charge in [-0.05, 0) is 29.8 Å². The summed E-state index contributed by atoms with van der Waals surface area (Å²) in [5.74, 6) is 0.157. The van der Waals surface area contributed by atoms with Crippen LogP contribution < -0.4 is 9.47 Å². The summed E-state index contributed by atoms with van der Waals surface area (Å²) in [6.45, 7) is 6.39. The average molecular weight is 418 g/mol. The molecule has 0 fully saturated rings. The van der Waals surface area contributed by atoms with Gasteiger partial charge in [0.1, 0.15) is 6.61 Å². The molecule has 2 N–H and O–H groups in total. The predicted molar refractivity (Wildman–Crippen MR) is 113 cm³/mol. The van der Waals surface area contributed by atoms with E-state index in [2.05, 4.69) is 0 Å². The predicted octanol–water partition coefficient (Wildman–Crippen LogP) is 3.79. The molecule has 7 heteroatoms. The summed E-state index contributed by atoms with van der Waals surface area (Å²) in [4.78, 5) is 11.7. The lowest BCUT2D eigenvalue weighted by Crippen LogP contribution is -2.34. The molecule has 0 spiro atoms. The first kappa shape index (κ1) is 23.5. The van der Waals surface area contributed by atoms with Crippen LogP contribution in [0.15, 0.2) is 30.3 Å². The lowest BCUT2D eigenvalue weighted by Gasteiger charge is -2.27. The third-order valence-electron chi connectivity index (χ3n) is 4.73. The molecule has 0 radical (unpaired) electrons. The fraction of sp³-hybridized carbons (Fsp3) is 0.435. The van der Waals surface area contributed by atoms with Crippen LogP contribution in [0.5, 0.6) is 17.2 Å². The van der Waals surface area contributed by atoms with Crippen LogP contribution in [0.4, 0.5) is 0 Å². The third-order valence-corrected chi connectivity index (χ3v) is 4.73. The van der Waals surface area contributed by atoms with Gasteiger partial charge in [0.05, 0.1) is 32.5 Å². The zero-order chi connectivity index (χ0) is 22.3. The molecule has 0 saturated carbocycles. The zero-order valence-corrected chi connectivity index (χ0v) is 18.2. The van der Waals surface area contributed by atoms with Crippen molar-refractivity contribution in [3.05, 3.63) is 41.5 Å². The van der Waals surface area contributed by atoms with Crippen molar-refractivity contribution in [1.82, 2.24) is 0 Å². The van der Waals surface area contributed by atoms with Crippen molar-refractivity contribution >= 4 is 5.97 Å². The highest BCUT2D eigenvalue weighted by atomic mass is 16.5. The first-order valence-electron chi connectivity index (χ1n) is 9.85. The summed E-state index contributed by atoms with van der Waals surface area (Å²) >= 11 is 0. The summed E-state index contributed by atoms with van der Waals surface area (Å²) in [7, 11) is 3.00. The summed E-state index contributed by atoms with van der Waals surface area (Å²) in [6.07, 6.45) is 0. The van der Waals surface area contributed by atoms with Gasteiger partial charge in [0.15, 0.2) is 11.5 Å². The number of carbonyl (C=O) groups is 1. The van der Waals surface area contributed by atoms with Crippen molar-refractivity contribution < 1.29 is 34.0 Å². The quantitative estimate of drug-likeness (QED) is 0.630. The summed E-state index contributed by atoms with van der Waals surface area (Å²) in [5.41, 5.74) is 2.20. The van der Waals surface area contributed by atoms with Crippen LogP contribution in [0.25, 0.3) is 11.1 Å². The van der Waals surface area contributed by atoms with E-state index in [0.717, 1.165) is 11.1 Å². The molecule has 1 aliphatic heterocycles. The number of esters is 1. The van der Waals surface area contributed by atoms with Gasteiger partial charge in [-0.15, -0.1) is 0 Å². The molecular formula is C23H30O7. The number of rotatable bonds is 8. The zero-order valence-electron chi connectivity index (χ0n) is 18.2. The Hall–Kier alpha value is -2.77. The maximum atomic E-state index is 11.7. The fourth-order valence-corrected chi connectivity index (χ4v) is 3.15. The van der Waals surface area contributed by atoms with Gasteiger partial charge in [0, 0.05) is 23.7 Å². The number of phenolic OH excluding ortho intramolecular Hbond substituents is 1. The largest absolute Gasteiger partial charge is 0.504 e. The van der Waals surface area contributed by atoms with Crippen molar-refractivity contribution in [3.8, 4) is 28.4 Å². The molecule has 1 heterocycles. The lowest BCUT2D eigenvalue weighted by molar-refractivity contribution is 0.00843. The van der Waals surface area contributed by atoms with Gasteiger partial charge in [-0.25, -0.2) is 4.79 Å². The molecule has 1 atom stereocenters. The maximum absolute atomic E-state index is 11.7. The second-order valence-electron chi connectivity index (χ2n) is 7.13.